The molecule has 6 heteroatoms. The van der Waals surface area contributed by atoms with Gasteiger partial charge in [0, 0.05) is 5.56 Å². The summed E-state index contributed by atoms with van der Waals surface area (Å²) in [4.78, 5) is 3.84. The van der Waals surface area contributed by atoms with Crippen LogP contribution in [0, 0.1) is 0 Å². The van der Waals surface area contributed by atoms with Crippen LogP contribution in [-0.4, -0.2) is 10.1 Å². The molecular formula is C8H3Cl3N2O. The molecule has 0 aliphatic rings. The molecule has 1 aromatic heterocycles. The molecule has 0 bridgehead atoms. The van der Waals surface area contributed by atoms with Gasteiger partial charge in [-0.05, 0) is 29.8 Å². The van der Waals surface area contributed by atoms with Crippen molar-refractivity contribution in [3.8, 4) is 11.4 Å². The molecule has 0 saturated heterocycles. The fourth-order valence-corrected chi connectivity index (χ4v) is 1.37. The van der Waals surface area contributed by atoms with E-state index < -0.39 is 0 Å². The molecule has 0 N–H and O–H groups in total. The van der Waals surface area contributed by atoms with Gasteiger partial charge >= 0.3 is 5.35 Å². The van der Waals surface area contributed by atoms with Gasteiger partial charge in [0.15, 0.2) is 0 Å². The Morgan fingerprint density at radius 1 is 1.07 bits per heavy atom. The van der Waals surface area contributed by atoms with Gasteiger partial charge in [-0.3, -0.25) is 0 Å². The first kappa shape index (κ1) is 9.77. The lowest BCUT2D eigenvalue weighted by Crippen LogP contribution is -1.80. The minimum Gasteiger partial charge on any atom is -0.321 e. The Kier molecular flexibility index (Phi) is 2.63. The molecule has 0 saturated carbocycles. The van der Waals surface area contributed by atoms with Gasteiger partial charge in [-0.1, -0.05) is 28.4 Å². The van der Waals surface area contributed by atoms with E-state index in [9.17, 15) is 0 Å². The van der Waals surface area contributed by atoms with E-state index in [-0.39, 0.29) is 5.35 Å². The number of benzene rings is 1. The van der Waals surface area contributed by atoms with Gasteiger partial charge in [0.05, 0.1) is 10.0 Å². The molecule has 0 radical (unpaired) electrons. The van der Waals surface area contributed by atoms with E-state index in [2.05, 4.69) is 14.7 Å². The van der Waals surface area contributed by atoms with E-state index in [1.807, 2.05) is 0 Å². The van der Waals surface area contributed by atoms with Gasteiger partial charge < -0.3 is 4.52 Å². The first-order valence-electron chi connectivity index (χ1n) is 3.61. The Bertz CT molecular complexity index is 469. The predicted octanol–water partition coefficient (Wildman–Crippen LogP) is 3.70. The van der Waals surface area contributed by atoms with E-state index in [1.54, 1.807) is 18.2 Å². The third kappa shape index (κ3) is 1.85. The van der Waals surface area contributed by atoms with Crippen LogP contribution in [0.4, 0.5) is 0 Å². The maximum atomic E-state index is 5.82. The van der Waals surface area contributed by atoms with Crippen LogP contribution in [0.15, 0.2) is 22.7 Å². The molecule has 72 valence electrons. The highest BCUT2D eigenvalue weighted by Crippen LogP contribution is 2.27. The van der Waals surface area contributed by atoms with Gasteiger partial charge in [0.1, 0.15) is 0 Å². The lowest BCUT2D eigenvalue weighted by atomic mass is 10.2. The van der Waals surface area contributed by atoms with E-state index in [1.165, 1.54) is 0 Å². The van der Waals surface area contributed by atoms with Gasteiger partial charge in [0.2, 0.25) is 5.82 Å². The Hall–Kier alpha value is -0.770. The Labute approximate surface area is 94.6 Å². The molecule has 0 amide bonds. The fourth-order valence-electron chi connectivity index (χ4n) is 0.957. The summed E-state index contributed by atoms with van der Waals surface area (Å²) in [5.41, 5.74) is 0.704. The number of rotatable bonds is 1. The first-order valence-corrected chi connectivity index (χ1v) is 4.75. The van der Waals surface area contributed by atoms with Crippen LogP contribution < -0.4 is 0 Å². The van der Waals surface area contributed by atoms with Crippen molar-refractivity contribution in [2.45, 2.75) is 0 Å². The molecular weight excluding hydrogens is 246 g/mol. The number of hydrogen-bond acceptors (Lipinski definition) is 3. The maximum absolute atomic E-state index is 5.82. The third-order valence-corrected chi connectivity index (χ3v) is 2.47. The highest BCUT2D eigenvalue weighted by atomic mass is 35.5. The molecule has 2 rings (SSSR count). The second-order valence-corrected chi connectivity index (χ2v) is 3.64. The standard InChI is InChI=1S/C8H3Cl3N2O/c9-5-2-1-4(3-6(5)10)7-12-8(11)14-13-7/h1-3H. The van der Waals surface area contributed by atoms with Gasteiger partial charge in [-0.25, -0.2) is 0 Å². The summed E-state index contributed by atoms with van der Waals surface area (Å²) in [7, 11) is 0. The van der Waals surface area contributed by atoms with Crippen molar-refractivity contribution in [2.75, 3.05) is 0 Å². The van der Waals surface area contributed by atoms with E-state index in [0.29, 0.717) is 21.4 Å². The molecule has 0 spiro atoms. The summed E-state index contributed by atoms with van der Waals surface area (Å²) in [6, 6.07) is 5.03. The number of hydrogen-bond donors (Lipinski definition) is 0. The Morgan fingerprint density at radius 3 is 2.43 bits per heavy atom. The zero-order chi connectivity index (χ0) is 10.1. The smallest absolute Gasteiger partial charge is 0.320 e. The highest BCUT2D eigenvalue weighted by molar-refractivity contribution is 6.42. The number of halogens is 3. The van der Waals surface area contributed by atoms with Gasteiger partial charge in [0.25, 0.3) is 0 Å². The Balaban J connectivity index is 2.47. The predicted molar refractivity (Wildman–Crippen MR) is 54.8 cm³/mol. The molecule has 0 aliphatic carbocycles. The SMILES string of the molecule is Clc1nc(-c2ccc(Cl)c(Cl)c2)no1. The van der Waals surface area contributed by atoms with E-state index >= 15 is 0 Å². The number of aromatic nitrogens is 2. The summed E-state index contributed by atoms with van der Waals surface area (Å²) in [5.74, 6) is 0.383. The van der Waals surface area contributed by atoms with Crippen molar-refractivity contribution in [1.29, 1.82) is 0 Å². The summed E-state index contributed by atoms with van der Waals surface area (Å²) in [6.45, 7) is 0. The summed E-state index contributed by atoms with van der Waals surface area (Å²) in [6.07, 6.45) is 0. The second kappa shape index (κ2) is 3.77. The monoisotopic (exact) mass is 248 g/mol. The zero-order valence-electron chi connectivity index (χ0n) is 6.67. The second-order valence-electron chi connectivity index (χ2n) is 2.50. The molecule has 1 heterocycles. The van der Waals surface area contributed by atoms with Crippen molar-refractivity contribution >= 4 is 34.8 Å². The van der Waals surface area contributed by atoms with Crippen LogP contribution in [0.5, 0.6) is 0 Å². The minimum absolute atomic E-state index is 0.00827. The van der Waals surface area contributed by atoms with Crippen LogP contribution in [-0.2, 0) is 0 Å². The number of nitrogens with zero attached hydrogens (tertiary/aromatic N) is 2. The minimum atomic E-state index is -0.00827. The van der Waals surface area contributed by atoms with Crippen LogP contribution in [0.3, 0.4) is 0 Å². The van der Waals surface area contributed by atoms with Gasteiger partial charge in [-0.2, -0.15) is 4.98 Å². The molecule has 0 fully saturated rings. The molecule has 0 atom stereocenters. The average Bonchev–Trinajstić information content (AvgIpc) is 2.57. The summed E-state index contributed by atoms with van der Waals surface area (Å²) < 4.78 is 4.62. The van der Waals surface area contributed by atoms with Crippen LogP contribution in [0.1, 0.15) is 0 Å². The quantitative estimate of drug-likeness (QED) is 0.773. The zero-order valence-corrected chi connectivity index (χ0v) is 8.94. The molecule has 3 nitrogen and oxygen atoms in total. The van der Waals surface area contributed by atoms with E-state index in [0.717, 1.165) is 0 Å². The van der Waals surface area contributed by atoms with Crippen molar-refractivity contribution in [3.05, 3.63) is 33.6 Å². The molecule has 0 aliphatic heterocycles. The first-order chi connectivity index (χ1) is 6.66. The summed E-state index contributed by atoms with van der Waals surface area (Å²) in [5, 5.41) is 4.54. The van der Waals surface area contributed by atoms with Crippen molar-refractivity contribution in [1.82, 2.24) is 10.1 Å². The topological polar surface area (TPSA) is 38.9 Å². The third-order valence-electron chi connectivity index (χ3n) is 1.58. The van der Waals surface area contributed by atoms with E-state index in [4.69, 9.17) is 34.8 Å². The fraction of sp³-hybridized carbons (Fsp3) is 0. The lowest BCUT2D eigenvalue weighted by Gasteiger charge is -1.96. The Morgan fingerprint density at radius 2 is 1.86 bits per heavy atom. The van der Waals surface area contributed by atoms with Crippen molar-refractivity contribution in [2.24, 2.45) is 0 Å². The maximum Gasteiger partial charge on any atom is 0.320 e. The highest BCUT2D eigenvalue weighted by Gasteiger charge is 2.08. The molecule has 0 unspecified atom stereocenters. The van der Waals surface area contributed by atoms with Crippen LogP contribution in [0.2, 0.25) is 15.4 Å². The molecule has 1 aromatic carbocycles. The summed E-state index contributed by atoms with van der Waals surface area (Å²) >= 11 is 17.1. The average molecular weight is 249 g/mol. The van der Waals surface area contributed by atoms with Crippen molar-refractivity contribution < 1.29 is 4.52 Å². The lowest BCUT2D eigenvalue weighted by molar-refractivity contribution is 0.421. The van der Waals surface area contributed by atoms with Crippen LogP contribution >= 0.6 is 34.8 Å². The molecule has 14 heavy (non-hydrogen) atoms. The largest absolute Gasteiger partial charge is 0.321 e. The van der Waals surface area contributed by atoms with Crippen molar-refractivity contribution in [3.63, 3.8) is 0 Å². The van der Waals surface area contributed by atoms with Gasteiger partial charge in [-0.15, -0.1) is 0 Å². The van der Waals surface area contributed by atoms with Crippen LogP contribution in [0.25, 0.3) is 11.4 Å². The molecule has 2 aromatic rings. The normalized spacial score (nSPS) is 10.5.